The molecule has 1 saturated carbocycles. The lowest BCUT2D eigenvalue weighted by molar-refractivity contribution is -0.144. The molecule has 2 aromatic carbocycles. The summed E-state index contributed by atoms with van der Waals surface area (Å²) in [6.07, 6.45) is -3.28. The van der Waals surface area contributed by atoms with Crippen LogP contribution >= 0.6 is 34.5 Å². The molecule has 90 heavy (non-hydrogen) atoms. The minimum Gasteiger partial charge on any atom is -0.472 e. The topological polar surface area (TPSA) is 230 Å². The number of aliphatic hydroxyl groups is 1. The van der Waals surface area contributed by atoms with Gasteiger partial charge < -0.3 is 46.1 Å². The zero-order valence-corrected chi connectivity index (χ0v) is 54.1. The average Bonchev–Trinajstić information content (AvgIpc) is 1.47. The van der Waals surface area contributed by atoms with Crippen molar-refractivity contribution in [3.8, 4) is 33.6 Å². The molecular formula is C64H78Cl2F5N11O7S. The molecule has 11 atom stereocenters. The summed E-state index contributed by atoms with van der Waals surface area (Å²) < 4.78 is 90.2. The first kappa shape index (κ1) is 65.4. The number of β-amino-alcohol motifs (C(OH)–C–C–N with tert-alkyl or cyclic N) is 1. The van der Waals surface area contributed by atoms with Crippen molar-refractivity contribution >= 4 is 80.5 Å². The van der Waals surface area contributed by atoms with Gasteiger partial charge in [0.2, 0.25) is 23.6 Å². The first-order valence-electron chi connectivity index (χ1n) is 31.0. The molecule has 5 aromatic rings. The van der Waals surface area contributed by atoms with E-state index >= 15 is 4.39 Å². The van der Waals surface area contributed by atoms with E-state index in [4.69, 9.17) is 43.4 Å². The van der Waals surface area contributed by atoms with Gasteiger partial charge in [-0.25, -0.2) is 18.7 Å². The van der Waals surface area contributed by atoms with Crippen LogP contribution in [0.5, 0.6) is 11.9 Å². The van der Waals surface area contributed by atoms with Gasteiger partial charge in [0.25, 0.3) is 0 Å². The number of thiazole rings is 1. The maximum Gasteiger partial charge on any atom is 0.418 e. The van der Waals surface area contributed by atoms with E-state index in [-0.39, 0.29) is 91.8 Å². The standard InChI is InChI=1S/C64H78Cl2F5N11O7S/c1-9-42(73-19-11-10-13-45(85)76-54(60(5,6)7)58(87)81-28-39(83)21-43(81)56(86)75-32(2)35-14-16-36(17-15-35)53-33(3)74-31-90-53)44(84)25-62-23-37(62)26-82-55-46-52(78-59(79-55)88-30-63-18-12-20-80(63)27-38(67)24-63)50(68)51(77-57(46)89-34(4)61(82,8)29-62)40-22-41(72)48(65)49(66)47(40)64(69,70)71/h14-17,22,31-32,34,37-39,42-43,54,73,83H,9-13,18-21,23-30,72H2,1-8H3,(H,75,86)(H,76,85)/t32-,34-,37+,38+,39+,42-,43-,54+,61-,62+,63-/m0/s1. The summed E-state index contributed by atoms with van der Waals surface area (Å²) in [7, 11) is 0. The number of alkyl halides is 4. The smallest absolute Gasteiger partial charge is 0.418 e. The van der Waals surface area contributed by atoms with Gasteiger partial charge in [-0.15, -0.1) is 11.3 Å². The third-order valence-corrected chi connectivity index (χ3v) is 21.7. The summed E-state index contributed by atoms with van der Waals surface area (Å²) in [4.78, 5) is 81.1. The zero-order valence-electron chi connectivity index (χ0n) is 51.8. The van der Waals surface area contributed by atoms with E-state index in [1.807, 2.05) is 82.5 Å². The van der Waals surface area contributed by atoms with Crippen LogP contribution in [0.25, 0.3) is 32.6 Å². The number of aliphatic hydroxyl groups excluding tert-OH is 1. The molecule has 8 heterocycles. The number of Topliss-reactive ketones (excluding diaryl/α,β-unsaturated/α-hetero) is 1. The number of ketones is 1. The normalized spacial score (nSPS) is 26.5. The highest BCUT2D eigenvalue weighted by Gasteiger charge is 2.65. The van der Waals surface area contributed by atoms with E-state index in [0.717, 1.165) is 34.2 Å². The fraction of sp³-hybridized carbons (Fsp3) is 0.594. The number of nitrogen functional groups attached to an aromatic ring is 1. The van der Waals surface area contributed by atoms with Gasteiger partial charge in [0.15, 0.2) is 5.82 Å². The van der Waals surface area contributed by atoms with Crippen molar-refractivity contribution < 1.29 is 55.7 Å². The van der Waals surface area contributed by atoms with Crippen LogP contribution in [0, 0.1) is 29.5 Å². The van der Waals surface area contributed by atoms with Crippen LogP contribution < -0.4 is 36.1 Å². The lowest BCUT2D eigenvalue weighted by Crippen LogP contribution is -2.60. The maximum atomic E-state index is 17.5. The number of fused-ring (bicyclic) bond motifs is 4. The molecule has 26 heteroatoms. The highest BCUT2D eigenvalue weighted by molar-refractivity contribution is 7.13. The van der Waals surface area contributed by atoms with Crippen LogP contribution in [0.1, 0.15) is 142 Å². The Labute approximate surface area is 533 Å². The number of halogens is 7. The SMILES string of the molecule is CC[C@H](NCCCCC(=O)N[C@H](C(=O)N1C[C@H](O)C[C@H]1C(=O)N[C@@H](C)c1ccc(-c2scnc2C)cc1)C(C)(C)C)C(=O)C[C@@]12C[C@@H]1CN1c3nc(OC[C@@]45CCCN4C[C@H](F)C5)nc4c(F)c(-c5cc(N)c(Cl)c(Cl)c5C(F)(F)F)nc(c34)O[C@@H](C)[C@]1(C)C2. The fourth-order valence-electron chi connectivity index (χ4n) is 14.7. The van der Waals surface area contributed by atoms with Gasteiger partial charge in [0.1, 0.15) is 59.2 Å². The van der Waals surface area contributed by atoms with Crippen LogP contribution in [-0.4, -0.2) is 145 Å². The van der Waals surface area contributed by atoms with Crippen molar-refractivity contribution in [1.82, 2.24) is 45.7 Å². The number of amides is 3. The molecule has 0 bridgehead atoms. The number of ether oxygens (including phenoxy) is 2. The van der Waals surface area contributed by atoms with Gasteiger partial charge in [-0.1, -0.05) is 75.2 Å². The van der Waals surface area contributed by atoms with Crippen molar-refractivity contribution in [2.75, 3.05) is 50.0 Å². The van der Waals surface area contributed by atoms with Gasteiger partial charge in [-0.3, -0.25) is 24.1 Å². The Bertz CT molecular complexity index is 3620. The average molecular weight is 1310 g/mol. The van der Waals surface area contributed by atoms with E-state index < -0.39 is 121 Å². The predicted molar refractivity (Wildman–Crippen MR) is 334 cm³/mol. The van der Waals surface area contributed by atoms with Crippen LogP contribution in [0.15, 0.2) is 35.8 Å². The molecule has 0 spiro atoms. The van der Waals surface area contributed by atoms with Crippen molar-refractivity contribution in [1.29, 1.82) is 0 Å². The maximum absolute atomic E-state index is 17.5. The molecule has 4 saturated heterocycles. The molecule has 18 nitrogen and oxygen atoms in total. The molecule has 6 N–H and O–H groups in total. The second-order valence-electron chi connectivity index (χ2n) is 27.1. The summed E-state index contributed by atoms with van der Waals surface area (Å²) in [6, 6.07) is 5.61. The first-order chi connectivity index (χ1) is 42.4. The lowest BCUT2D eigenvalue weighted by atomic mass is 9.74. The Kier molecular flexibility index (Phi) is 18.0. The second-order valence-corrected chi connectivity index (χ2v) is 28.7. The number of pyridine rings is 1. The number of carbonyl (C=O) groups excluding carboxylic acids is 4. The van der Waals surface area contributed by atoms with Crippen LogP contribution in [0.3, 0.4) is 0 Å². The largest absolute Gasteiger partial charge is 0.472 e. The molecule has 1 aliphatic carbocycles. The number of aryl methyl sites for hydroxylation is 1. The number of anilines is 2. The van der Waals surface area contributed by atoms with Gasteiger partial charge in [0, 0.05) is 50.9 Å². The van der Waals surface area contributed by atoms with Crippen molar-refractivity contribution in [3.05, 3.63) is 68.5 Å². The Morgan fingerprint density at radius 3 is 2.46 bits per heavy atom. The number of unbranched alkanes of at least 4 members (excludes halogenated alkanes) is 1. The third-order valence-electron chi connectivity index (χ3n) is 19.8. The Balaban J connectivity index is 0.737. The molecule has 11 rings (SSSR count). The van der Waals surface area contributed by atoms with Gasteiger partial charge in [-0.05, 0) is 120 Å². The number of hydrogen-bond donors (Lipinski definition) is 5. The summed E-state index contributed by atoms with van der Waals surface area (Å²) in [5.74, 6) is -2.52. The molecule has 3 amide bonds. The van der Waals surface area contributed by atoms with E-state index in [1.165, 1.54) is 4.90 Å². The third kappa shape index (κ3) is 12.4. The van der Waals surface area contributed by atoms with Gasteiger partial charge in [0.05, 0.1) is 66.6 Å². The first-order valence-corrected chi connectivity index (χ1v) is 32.7. The Morgan fingerprint density at radius 2 is 1.77 bits per heavy atom. The highest BCUT2D eigenvalue weighted by atomic mass is 35.5. The summed E-state index contributed by atoms with van der Waals surface area (Å²) in [5.41, 5.74) is 4.05. The second kappa shape index (κ2) is 24.8. The monoisotopic (exact) mass is 1310 g/mol. The summed E-state index contributed by atoms with van der Waals surface area (Å²) in [6.45, 7) is 16.6. The Morgan fingerprint density at radius 1 is 1.02 bits per heavy atom. The van der Waals surface area contributed by atoms with Crippen molar-refractivity contribution in [2.45, 2.75) is 186 Å². The minimum absolute atomic E-state index is 0.00871. The number of carbonyl (C=O) groups is 4. The molecule has 6 aliphatic rings. The zero-order chi connectivity index (χ0) is 64.7. The van der Waals surface area contributed by atoms with Crippen molar-refractivity contribution in [3.63, 3.8) is 0 Å². The van der Waals surface area contributed by atoms with E-state index in [0.29, 0.717) is 58.2 Å². The summed E-state index contributed by atoms with van der Waals surface area (Å²) in [5, 5.41) is 18.7. The number of nitrogens with one attached hydrogen (secondary N) is 3. The number of benzene rings is 2. The number of rotatable bonds is 20. The predicted octanol–water partition coefficient (Wildman–Crippen LogP) is 10.7. The number of nitrogens with zero attached hydrogens (tertiary/aromatic N) is 7. The molecule has 0 radical (unpaired) electrons. The molecule has 0 unspecified atom stereocenters. The quantitative estimate of drug-likeness (QED) is 0.0277. The fourth-order valence-corrected chi connectivity index (χ4v) is 16.0. The Hall–Kier alpha value is -6.05. The molecular weight excluding hydrogens is 1230 g/mol. The molecule has 5 fully saturated rings. The molecule has 5 aliphatic heterocycles. The van der Waals surface area contributed by atoms with Gasteiger partial charge >= 0.3 is 12.2 Å². The lowest BCUT2D eigenvalue weighted by Gasteiger charge is -2.49. The number of piperidine rings is 1. The number of aromatic nitrogens is 4. The van der Waals surface area contributed by atoms with Crippen molar-refractivity contribution in [2.24, 2.45) is 16.7 Å². The number of nitrogens with two attached hydrogens (primary N) is 1. The minimum atomic E-state index is -5.14. The molecule has 3 aromatic heterocycles. The number of likely N-dealkylation sites (tertiary alicyclic amines) is 1. The van der Waals surface area contributed by atoms with Crippen LogP contribution in [-0.2, 0) is 25.4 Å². The van der Waals surface area contributed by atoms with Crippen LogP contribution in [0.2, 0.25) is 10.0 Å². The van der Waals surface area contributed by atoms with Gasteiger partial charge in [-0.2, -0.15) is 23.1 Å². The van der Waals surface area contributed by atoms with Crippen LogP contribution in [0.4, 0.5) is 33.5 Å². The highest BCUT2D eigenvalue weighted by Crippen LogP contribution is 2.66. The van der Waals surface area contributed by atoms with E-state index in [9.17, 15) is 41.8 Å². The number of hydrogen-bond acceptors (Lipinski definition) is 16. The molecule has 486 valence electrons. The van der Waals surface area contributed by atoms with E-state index in [1.54, 1.807) is 23.8 Å². The summed E-state index contributed by atoms with van der Waals surface area (Å²) >= 11 is 13.9. The van der Waals surface area contributed by atoms with E-state index in [2.05, 4.69) is 30.9 Å².